The Labute approximate surface area is 115 Å². The first-order valence-corrected chi connectivity index (χ1v) is 8.23. The number of hydrogen-bond acceptors (Lipinski definition) is 4. The van der Waals surface area contributed by atoms with Crippen molar-refractivity contribution in [3.05, 3.63) is 11.9 Å². The van der Waals surface area contributed by atoms with Crippen molar-refractivity contribution in [1.82, 2.24) is 14.5 Å². The number of alkyl halides is 1. The molecule has 2 atom stereocenters. The van der Waals surface area contributed by atoms with Crippen molar-refractivity contribution in [3.8, 4) is 0 Å². The molecule has 0 bridgehead atoms. The van der Waals surface area contributed by atoms with Gasteiger partial charge in [0, 0.05) is 18.4 Å². The molecule has 8 heteroatoms. The number of aromatic amines is 1. The number of ether oxygens (including phenoxy) is 1. The Balaban J connectivity index is 2.28. The Hall–Kier alpha value is -0.440. The van der Waals surface area contributed by atoms with Gasteiger partial charge in [0.05, 0.1) is 24.1 Å². The zero-order valence-electron chi connectivity index (χ0n) is 10.3. The number of sulfonamides is 1. The molecule has 1 aromatic heterocycles. The molecule has 1 saturated heterocycles. The van der Waals surface area contributed by atoms with Gasteiger partial charge in [-0.1, -0.05) is 15.9 Å². The smallest absolute Gasteiger partial charge is 0.246 e. The molecule has 0 aliphatic carbocycles. The van der Waals surface area contributed by atoms with E-state index in [4.69, 9.17) is 4.74 Å². The molecule has 2 unspecified atom stereocenters. The van der Waals surface area contributed by atoms with Gasteiger partial charge in [-0.15, -0.1) is 0 Å². The van der Waals surface area contributed by atoms with Crippen molar-refractivity contribution in [3.63, 3.8) is 0 Å². The van der Waals surface area contributed by atoms with Crippen molar-refractivity contribution < 1.29 is 13.2 Å². The van der Waals surface area contributed by atoms with Crippen molar-refractivity contribution >= 4 is 26.0 Å². The Kier molecular flexibility index (Phi) is 4.10. The Morgan fingerprint density at radius 2 is 2.33 bits per heavy atom. The first-order chi connectivity index (χ1) is 8.45. The van der Waals surface area contributed by atoms with E-state index >= 15 is 0 Å². The van der Waals surface area contributed by atoms with Crippen molar-refractivity contribution in [1.29, 1.82) is 0 Å². The Bertz CT molecular complexity index is 516. The SMILES string of the molecule is Cc1[nH]ncc1S(=O)(=O)N1CC(C)OC(CBr)C1. The lowest BCUT2D eigenvalue weighted by molar-refractivity contribution is -0.0411. The zero-order chi connectivity index (χ0) is 13.3. The quantitative estimate of drug-likeness (QED) is 0.831. The van der Waals surface area contributed by atoms with E-state index < -0.39 is 10.0 Å². The minimum absolute atomic E-state index is 0.108. The molecule has 1 N–H and O–H groups in total. The van der Waals surface area contributed by atoms with Gasteiger partial charge in [0.1, 0.15) is 4.90 Å². The zero-order valence-corrected chi connectivity index (χ0v) is 12.7. The average Bonchev–Trinajstić information content (AvgIpc) is 2.75. The van der Waals surface area contributed by atoms with Crippen LogP contribution in [0.5, 0.6) is 0 Å². The van der Waals surface area contributed by atoms with Gasteiger partial charge in [-0.25, -0.2) is 8.42 Å². The van der Waals surface area contributed by atoms with Crippen LogP contribution in [0.2, 0.25) is 0 Å². The van der Waals surface area contributed by atoms with E-state index in [0.29, 0.717) is 24.1 Å². The molecule has 18 heavy (non-hydrogen) atoms. The average molecular weight is 338 g/mol. The summed E-state index contributed by atoms with van der Waals surface area (Å²) in [5, 5.41) is 7.04. The molecule has 1 aliphatic rings. The second-order valence-corrected chi connectivity index (χ2v) is 6.96. The highest BCUT2D eigenvalue weighted by Crippen LogP contribution is 2.22. The van der Waals surface area contributed by atoms with E-state index in [-0.39, 0.29) is 17.1 Å². The van der Waals surface area contributed by atoms with E-state index in [9.17, 15) is 8.42 Å². The summed E-state index contributed by atoms with van der Waals surface area (Å²) in [5.41, 5.74) is 0.560. The van der Waals surface area contributed by atoms with E-state index in [1.54, 1.807) is 6.92 Å². The van der Waals surface area contributed by atoms with Crippen LogP contribution in [0.3, 0.4) is 0 Å². The maximum Gasteiger partial charge on any atom is 0.246 e. The van der Waals surface area contributed by atoms with Crippen LogP contribution in [-0.2, 0) is 14.8 Å². The lowest BCUT2D eigenvalue weighted by atomic mass is 10.3. The maximum atomic E-state index is 12.5. The van der Waals surface area contributed by atoms with Gasteiger partial charge in [-0.05, 0) is 13.8 Å². The largest absolute Gasteiger partial charge is 0.372 e. The topological polar surface area (TPSA) is 75.3 Å². The van der Waals surface area contributed by atoms with E-state index in [2.05, 4.69) is 26.1 Å². The molecule has 102 valence electrons. The summed E-state index contributed by atoms with van der Waals surface area (Å²) >= 11 is 3.33. The number of H-pyrrole nitrogens is 1. The molecular formula is C10H16BrN3O3S. The first kappa shape index (κ1) is 14.0. The molecule has 0 radical (unpaired) electrons. The lowest BCUT2D eigenvalue weighted by Crippen LogP contribution is -2.49. The fourth-order valence-corrected chi connectivity index (χ4v) is 4.05. The fraction of sp³-hybridized carbons (Fsp3) is 0.700. The molecule has 0 amide bonds. The van der Waals surface area contributed by atoms with Crippen LogP contribution in [-0.4, -0.2) is 53.5 Å². The standard InChI is InChI=1S/C10H16BrN3O3S/c1-7-5-14(6-9(3-11)17-7)18(15,16)10-4-12-13-8(10)2/h4,7,9H,3,5-6H2,1-2H3,(H,12,13). The summed E-state index contributed by atoms with van der Waals surface area (Å²) in [7, 11) is -3.49. The van der Waals surface area contributed by atoms with Gasteiger partial charge >= 0.3 is 0 Å². The number of nitrogens with one attached hydrogen (secondary N) is 1. The Morgan fingerprint density at radius 3 is 2.89 bits per heavy atom. The molecule has 0 spiro atoms. The minimum Gasteiger partial charge on any atom is -0.372 e. The predicted molar refractivity (Wildman–Crippen MR) is 70.2 cm³/mol. The van der Waals surface area contributed by atoms with Crippen molar-refractivity contribution in [2.24, 2.45) is 0 Å². The summed E-state index contributed by atoms with van der Waals surface area (Å²) < 4.78 is 32.0. The molecule has 2 rings (SSSR count). The Morgan fingerprint density at radius 1 is 1.61 bits per heavy atom. The van der Waals surface area contributed by atoms with Gasteiger partial charge in [-0.2, -0.15) is 9.40 Å². The highest BCUT2D eigenvalue weighted by atomic mass is 79.9. The third kappa shape index (κ3) is 2.61. The van der Waals surface area contributed by atoms with Crippen LogP contribution in [0.4, 0.5) is 0 Å². The van der Waals surface area contributed by atoms with E-state index in [0.717, 1.165) is 0 Å². The third-order valence-corrected chi connectivity index (χ3v) is 5.53. The second-order valence-electron chi connectivity index (χ2n) is 4.40. The van der Waals surface area contributed by atoms with Crippen LogP contribution in [0.25, 0.3) is 0 Å². The molecular weight excluding hydrogens is 322 g/mol. The van der Waals surface area contributed by atoms with Gasteiger partial charge in [-0.3, -0.25) is 5.10 Å². The number of aromatic nitrogens is 2. The van der Waals surface area contributed by atoms with Crippen LogP contribution in [0.1, 0.15) is 12.6 Å². The van der Waals surface area contributed by atoms with Crippen LogP contribution >= 0.6 is 15.9 Å². The molecule has 1 aliphatic heterocycles. The third-order valence-electron chi connectivity index (χ3n) is 2.87. The minimum atomic E-state index is -3.49. The summed E-state index contributed by atoms with van der Waals surface area (Å²) in [5.74, 6) is 0. The van der Waals surface area contributed by atoms with E-state index in [1.807, 2.05) is 6.92 Å². The number of nitrogens with zero attached hydrogens (tertiary/aromatic N) is 2. The number of morpholine rings is 1. The fourth-order valence-electron chi connectivity index (χ4n) is 2.02. The number of hydrogen-bond donors (Lipinski definition) is 1. The second kappa shape index (κ2) is 5.28. The molecule has 0 saturated carbocycles. The van der Waals surface area contributed by atoms with Gasteiger partial charge < -0.3 is 4.74 Å². The molecule has 6 nitrogen and oxygen atoms in total. The number of halogens is 1. The molecule has 2 heterocycles. The summed E-state index contributed by atoms with van der Waals surface area (Å²) in [4.78, 5) is 0.241. The van der Waals surface area contributed by atoms with Crippen LogP contribution < -0.4 is 0 Å². The lowest BCUT2D eigenvalue weighted by Gasteiger charge is -2.35. The predicted octanol–water partition coefficient (Wildman–Crippen LogP) is 0.891. The molecule has 1 aromatic rings. The van der Waals surface area contributed by atoms with Gasteiger partial charge in [0.2, 0.25) is 10.0 Å². The number of rotatable bonds is 3. The van der Waals surface area contributed by atoms with Crippen molar-refractivity contribution in [2.45, 2.75) is 31.0 Å². The monoisotopic (exact) mass is 337 g/mol. The van der Waals surface area contributed by atoms with Gasteiger partial charge in [0.15, 0.2) is 0 Å². The maximum absolute atomic E-state index is 12.5. The van der Waals surface area contributed by atoms with Crippen LogP contribution in [0.15, 0.2) is 11.1 Å². The summed E-state index contributed by atoms with van der Waals surface area (Å²) in [6.45, 7) is 4.31. The van der Waals surface area contributed by atoms with Crippen molar-refractivity contribution in [2.75, 3.05) is 18.4 Å². The van der Waals surface area contributed by atoms with E-state index in [1.165, 1.54) is 10.5 Å². The highest BCUT2D eigenvalue weighted by molar-refractivity contribution is 9.09. The van der Waals surface area contributed by atoms with Crippen LogP contribution in [0, 0.1) is 6.92 Å². The first-order valence-electron chi connectivity index (χ1n) is 5.66. The summed E-state index contributed by atoms with van der Waals surface area (Å²) in [6.07, 6.45) is 1.13. The summed E-state index contributed by atoms with van der Waals surface area (Å²) in [6, 6.07) is 0. The highest BCUT2D eigenvalue weighted by Gasteiger charge is 2.34. The molecule has 1 fully saturated rings. The number of aryl methyl sites for hydroxylation is 1. The van der Waals surface area contributed by atoms with Gasteiger partial charge in [0.25, 0.3) is 0 Å². The molecule has 0 aromatic carbocycles. The normalized spacial score (nSPS) is 26.4.